The van der Waals surface area contributed by atoms with E-state index >= 15 is 0 Å². The first kappa shape index (κ1) is 18.4. The van der Waals surface area contributed by atoms with E-state index < -0.39 is 5.97 Å². The fraction of sp³-hybridized carbons (Fsp3) is 0.0400. The second kappa shape index (κ2) is 8.40. The Morgan fingerprint density at radius 1 is 0.897 bits per heavy atom. The first-order valence-electron chi connectivity index (χ1n) is 9.27. The number of carbonyl (C=O) groups is 1. The molecule has 0 fully saturated rings. The van der Waals surface area contributed by atoms with E-state index in [4.69, 9.17) is 4.74 Å². The summed E-state index contributed by atoms with van der Waals surface area (Å²) in [6, 6.07) is 26.5. The van der Waals surface area contributed by atoms with E-state index in [1.165, 1.54) is 0 Å². The Kier molecular flexibility index (Phi) is 5.34. The second-order valence-corrected chi connectivity index (χ2v) is 6.56. The van der Waals surface area contributed by atoms with Crippen LogP contribution in [0.4, 0.5) is 0 Å². The van der Waals surface area contributed by atoms with Gasteiger partial charge in [0.05, 0.1) is 16.8 Å². The topological polar surface area (TPSA) is 59.4 Å². The Morgan fingerprint density at radius 2 is 1.62 bits per heavy atom. The molecule has 4 heteroatoms. The van der Waals surface area contributed by atoms with Crippen molar-refractivity contribution < 1.29 is 14.6 Å². The lowest BCUT2D eigenvalue weighted by atomic mass is 10.1. The zero-order valence-corrected chi connectivity index (χ0v) is 15.7. The summed E-state index contributed by atoms with van der Waals surface area (Å²) in [6.07, 6.45) is 3.70. The third-order valence-electron chi connectivity index (χ3n) is 4.56. The van der Waals surface area contributed by atoms with Crippen LogP contribution >= 0.6 is 0 Å². The van der Waals surface area contributed by atoms with E-state index in [1.54, 1.807) is 12.1 Å². The van der Waals surface area contributed by atoms with Crippen LogP contribution in [0.3, 0.4) is 0 Å². The van der Waals surface area contributed by atoms with Crippen molar-refractivity contribution in [2.75, 3.05) is 0 Å². The van der Waals surface area contributed by atoms with Crippen LogP contribution in [-0.4, -0.2) is 16.1 Å². The number of pyridine rings is 1. The number of para-hydroxylation sites is 2. The Morgan fingerprint density at radius 3 is 2.45 bits per heavy atom. The summed E-state index contributed by atoms with van der Waals surface area (Å²) in [7, 11) is 0. The van der Waals surface area contributed by atoms with Gasteiger partial charge in [-0.3, -0.25) is 0 Å². The van der Waals surface area contributed by atoms with Gasteiger partial charge in [-0.2, -0.15) is 0 Å². The third-order valence-corrected chi connectivity index (χ3v) is 4.56. The largest absolute Gasteiger partial charge is 0.488 e. The molecular weight excluding hydrogens is 362 g/mol. The molecule has 3 aromatic carbocycles. The van der Waals surface area contributed by atoms with E-state index in [0.29, 0.717) is 23.2 Å². The lowest BCUT2D eigenvalue weighted by molar-refractivity contribution is 0.0699. The summed E-state index contributed by atoms with van der Waals surface area (Å²) in [6.45, 7) is 0.475. The van der Waals surface area contributed by atoms with Gasteiger partial charge in [0.15, 0.2) is 0 Å². The standard InChI is InChI=1S/C25H19NO3/c27-25(28)22-16-20(26-23-12-6-5-11-21(22)23)15-14-19-10-4-7-13-24(19)29-17-18-8-2-1-3-9-18/h1-16H,17H2,(H,27,28). The molecule has 4 aromatic rings. The number of carboxylic acid groups (broad SMARTS) is 1. The zero-order chi connectivity index (χ0) is 20.1. The molecule has 0 atom stereocenters. The van der Waals surface area contributed by atoms with E-state index in [2.05, 4.69) is 4.98 Å². The van der Waals surface area contributed by atoms with Crippen LogP contribution in [0.1, 0.15) is 27.2 Å². The molecule has 1 N–H and O–H groups in total. The fourth-order valence-electron chi connectivity index (χ4n) is 3.12. The van der Waals surface area contributed by atoms with Crippen molar-refractivity contribution in [1.82, 2.24) is 4.98 Å². The van der Waals surface area contributed by atoms with Crippen LogP contribution in [0.2, 0.25) is 0 Å². The average molecular weight is 381 g/mol. The van der Waals surface area contributed by atoms with E-state index in [9.17, 15) is 9.90 Å². The van der Waals surface area contributed by atoms with Gasteiger partial charge in [-0.1, -0.05) is 66.7 Å². The molecule has 29 heavy (non-hydrogen) atoms. The predicted octanol–water partition coefficient (Wildman–Crippen LogP) is 5.68. The molecule has 0 saturated carbocycles. The monoisotopic (exact) mass is 381 g/mol. The Balaban J connectivity index is 1.62. The Hall–Kier alpha value is -3.92. The van der Waals surface area contributed by atoms with Crippen molar-refractivity contribution in [3.05, 3.63) is 107 Å². The van der Waals surface area contributed by atoms with Gasteiger partial charge in [-0.05, 0) is 35.9 Å². The van der Waals surface area contributed by atoms with Gasteiger partial charge >= 0.3 is 5.97 Å². The predicted molar refractivity (Wildman–Crippen MR) is 115 cm³/mol. The minimum Gasteiger partial charge on any atom is -0.488 e. The quantitative estimate of drug-likeness (QED) is 0.467. The number of benzene rings is 3. The molecule has 142 valence electrons. The number of rotatable bonds is 6. The molecule has 1 aromatic heterocycles. The molecule has 0 amide bonds. The van der Waals surface area contributed by atoms with Crippen LogP contribution in [-0.2, 0) is 6.61 Å². The number of nitrogens with zero attached hydrogens (tertiary/aromatic N) is 1. The molecule has 0 radical (unpaired) electrons. The molecule has 0 spiro atoms. The molecule has 0 aliphatic rings. The molecule has 1 heterocycles. The lowest BCUT2D eigenvalue weighted by Gasteiger charge is -2.09. The van der Waals surface area contributed by atoms with Gasteiger partial charge in [0, 0.05) is 10.9 Å². The van der Waals surface area contributed by atoms with Crippen LogP contribution in [0, 0.1) is 0 Å². The molecule has 0 unspecified atom stereocenters. The molecule has 0 aliphatic heterocycles. The van der Waals surface area contributed by atoms with Crippen molar-refractivity contribution in [2.24, 2.45) is 0 Å². The maximum absolute atomic E-state index is 11.6. The maximum atomic E-state index is 11.6. The van der Waals surface area contributed by atoms with E-state index in [1.807, 2.05) is 84.9 Å². The summed E-state index contributed by atoms with van der Waals surface area (Å²) in [4.78, 5) is 16.2. The Labute approximate surface area is 168 Å². The number of carboxylic acids is 1. The molecular formula is C25H19NO3. The number of fused-ring (bicyclic) bond motifs is 1. The normalized spacial score (nSPS) is 11.0. The summed E-state index contributed by atoms with van der Waals surface area (Å²) >= 11 is 0. The highest BCUT2D eigenvalue weighted by atomic mass is 16.5. The zero-order valence-electron chi connectivity index (χ0n) is 15.7. The molecule has 0 aliphatic carbocycles. The number of hydrogen-bond donors (Lipinski definition) is 1. The molecule has 0 bridgehead atoms. The van der Waals surface area contributed by atoms with Gasteiger partial charge in [0.2, 0.25) is 0 Å². The molecule has 4 nitrogen and oxygen atoms in total. The van der Waals surface area contributed by atoms with Crippen molar-refractivity contribution in [1.29, 1.82) is 0 Å². The lowest BCUT2D eigenvalue weighted by Crippen LogP contribution is -2.00. The van der Waals surface area contributed by atoms with Crippen molar-refractivity contribution in [3.63, 3.8) is 0 Å². The highest BCUT2D eigenvalue weighted by molar-refractivity contribution is 6.03. The minimum atomic E-state index is -0.968. The minimum absolute atomic E-state index is 0.240. The number of aromatic carboxylic acids is 1. The van der Waals surface area contributed by atoms with Crippen LogP contribution in [0.5, 0.6) is 5.75 Å². The van der Waals surface area contributed by atoms with E-state index in [-0.39, 0.29) is 5.56 Å². The summed E-state index contributed by atoms with van der Waals surface area (Å²) < 4.78 is 5.98. The van der Waals surface area contributed by atoms with Gasteiger partial charge in [-0.15, -0.1) is 0 Å². The SMILES string of the molecule is O=C(O)c1cc(C=Cc2ccccc2OCc2ccccc2)nc2ccccc12. The van der Waals surface area contributed by atoms with Crippen molar-refractivity contribution in [3.8, 4) is 5.75 Å². The van der Waals surface area contributed by atoms with Crippen LogP contribution < -0.4 is 4.74 Å². The van der Waals surface area contributed by atoms with Gasteiger partial charge < -0.3 is 9.84 Å². The highest BCUT2D eigenvalue weighted by Crippen LogP contribution is 2.23. The van der Waals surface area contributed by atoms with Crippen LogP contribution in [0.25, 0.3) is 23.1 Å². The number of aromatic nitrogens is 1. The maximum Gasteiger partial charge on any atom is 0.336 e. The number of ether oxygens (including phenoxy) is 1. The highest BCUT2D eigenvalue weighted by Gasteiger charge is 2.10. The number of hydrogen-bond acceptors (Lipinski definition) is 3. The van der Waals surface area contributed by atoms with Gasteiger partial charge in [0.1, 0.15) is 12.4 Å². The molecule has 4 rings (SSSR count). The van der Waals surface area contributed by atoms with E-state index in [0.717, 1.165) is 16.9 Å². The van der Waals surface area contributed by atoms with Gasteiger partial charge in [0.25, 0.3) is 0 Å². The first-order valence-corrected chi connectivity index (χ1v) is 9.27. The smallest absolute Gasteiger partial charge is 0.336 e. The first-order chi connectivity index (χ1) is 14.2. The van der Waals surface area contributed by atoms with Crippen LogP contribution in [0.15, 0.2) is 84.9 Å². The van der Waals surface area contributed by atoms with Crippen molar-refractivity contribution >= 4 is 29.0 Å². The van der Waals surface area contributed by atoms with Crippen molar-refractivity contribution in [2.45, 2.75) is 6.61 Å². The second-order valence-electron chi connectivity index (χ2n) is 6.56. The average Bonchev–Trinajstić information content (AvgIpc) is 2.77. The fourth-order valence-corrected chi connectivity index (χ4v) is 3.12. The molecule has 0 saturated heterocycles. The third kappa shape index (κ3) is 4.33. The van der Waals surface area contributed by atoms with Gasteiger partial charge in [-0.25, -0.2) is 9.78 Å². The summed E-state index contributed by atoms with van der Waals surface area (Å²) in [5.41, 5.74) is 3.47. The Bertz CT molecular complexity index is 1180. The summed E-state index contributed by atoms with van der Waals surface area (Å²) in [5.74, 6) is -0.211. The summed E-state index contributed by atoms with van der Waals surface area (Å²) in [5, 5.41) is 10.2.